The molecule has 1 fully saturated rings. The maximum absolute atomic E-state index is 12.5. The van der Waals surface area contributed by atoms with Gasteiger partial charge in [-0.25, -0.2) is 14.6 Å². The normalized spacial score (nSPS) is 20.4. The Morgan fingerprint density at radius 2 is 2.24 bits per heavy atom. The molecule has 2 unspecified atom stereocenters. The summed E-state index contributed by atoms with van der Waals surface area (Å²) in [5.74, 6) is 0. The number of hydrogen-bond acceptors (Lipinski definition) is 6. The predicted octanol–water partition coefficient (Wildman–Crippen LogP) is 3.72. The van der Waals surface area contributed by atoms with E-state index in [9.17, 15) is 9.59 Å². The zero-order valence-electron chi connectivity index (χ0n) is 15.1. The Labute approximate surface area is 152 Å². The van der Waals surface area contributed by atoms with Crippen LogP contribution in [-0.4, -0.2) is 47.4 Å². The lowest BCUT2D eigenvalue weighted by Gasteiger charge is -2.38. The van der Waals surface area contributed by atoms with Gasteiger partial charge in [-0.3, -0.25) is 4.90 Å². The molecule has 0 aromatic carbocycles. The van der Waals surface area contributed by atoms with Crippen LogP contribution in [0.1, 0.15) is 57.5 Å². The quantitative estimate of drug-likeness (QED) is 0.773. The van der Waals surface area contributed by atoms with Crippen LogP contribution in [0.4, 0.5) is 9.59 Å². The van der Waals surface area contributed by atoms with E-state index in [0.29, 0.717) is 13.2 Å². The zero-order chi connectivity index (χ0) is 18.2. The Bertz CT molecular complexity index is 550. The van der Waals surface area contributed by atoms with Gasteiger partial charge in [-0.05, 0) is 33.1 Å². The number of rotatable bonds is 6. The van der Waals surface area contributed by atoms with Crippen molar-refractivity contribution in [2.24, 2.45) is 0 Å². The molecule has 1 saturated heterocycles. The predicted molar refractivity (Wildman–Crippen MR) is 95.6 cm³/mol. The Hall–Kier alpha value is -1.83. The number of piperidine rings is 1. The topological polar surface area (TPSA) is 80.8 Å². The van der Waals surface area contributed by atoms with E-state index in [-0.39, 0.29) is 24.3 Å². The Morgan fingerprint density at radius 1 is 1.44 bits per heavy atom. The van der Waals surface area contributed by atoms with Crippen molar-refractivity contribution in [3.05, 3.63) is 16.6 Å². The SMILES string of the molecule is CCCCOC(=O)N1CC(NC(=O)OC(C)C)CCC1c1nccs1. The van der Waals surface area contributed by atoms with E-state index in [0.717, 1.165) is 30.7 Å². The second kappa shape index (κ2) is 9.60. The Kier molecular flexibility index (Phi) is 7.49. The lowest BCUT2D eigenvalue weighted by atomic mass is 9.99. The van der Waals surface area contributed by atoms with Crippen molar-refractivity contribution in [3.63, 3.8) is 0 Å². The summed E-state index contributed by atoms with van der Waals surface area (Å²) >= 11 is 1.53. The summed E-state index contributed by atoms with van der Waals surface area (Å²) in [6, 6.07) is -0.255. The molecule has 2 rings (SSSR count). The highest BCUT2D eigenvalue weighted by Gasteiger charge is 2.35. The number of alkyl carbamates (subject to hydrolysis) is 1. The molecule has 1 aliphatic heterocycles. The fourth-order valence-corrected chi connectivity index (χ4v) is 3.53. The van der Waals surface area contributed by atoms with Crippen LogP contribution in [0.15, 0.2) is 11.6 Å². The molecule has 1 aromatic heterocycles. The number of nitrogens with one attached hydrogen (secondary N) is 1. The highest BCUT2D eigenvalue weighted by Crippen LogP contribution is 2.32. The highest BCUT2D eigenvalue weighted by molar-refractivity contribution is 7.09. The van der Waals surface area contributed by atoms with Crippen molar-refractivity contribution >= 4 is 23.5 Å². The maximum atomic E-state index is 12.5. The number of nitrogens with zero attached hydrogens (tertiary/aromatic N) is 2. The van der Waals surface area contributed by atoms with Gasteiger partial charge in [-0.2, -0.15) is 0 Å². The second-order valence-electron chi connectivity index (χ2n) is 6.38. The van der Waals surface area contributed by atoms with Gasteiger partial charge in [0.1, 0.15) is 5.01 Å². The molecule has 1 aliphatic rings. The van der Waals surface area contributed by atoms with E-state index in [1.165, 1.54) is 11.3 Å². The minimum Gasteiger partial charge on any atom is -0.449 e. The molecule has 2 atom stereocenters. The molecule has 7 nitrogen and oxygen atoms in total. The molecule has 0 saturated carbocycles. The third kappa shape index (κ3) is 5.88. The largest absolute Gasteiger partial charge is 0.449 e. The minimum absolute atomic E-state index is 0.103. The van der Waals surface area contributed by atoms with E-state index < -0.39 is 6.09 Å². The van der Waals surface area contributed by atoms with Gasteiger partial charge in [-0.1, -0.05) is 13.3 Å². The molecule has 25 heavy (non-hydrogen) atoms. The van der Waals surface area contributed by atoms with Gasteiger partial charge in [-0.15, -0.1) is 11.3 Å². The van der Waals surface area contributed by atoms with Crippen molar-refractivity contribution < 1.29 is 19.1 Å². The number of ether oxygens (including phenoxy) is 2. The van der Waals surface area contributed by atoms with Gasteiger partial charge in [0.05, 0.1) is 24.8 Å². The highest BCUT2D eigenvalue weighted by atomic mass is 32.1. The van der Waals surface area contributed by atoms with Gasteiger partial charge < -0.3 is 14.8 Å². The molecule has 0 spiro atoms. The third-order valence-corrected chi connectivity index (χ3v) is 4.82. The summed E-state index contributed by atoms with van der Waals surface area (Å²) in [5.41, 5.74) is 0. The van der Waals surface area contributed by atoms with Crippen LogP contribution in [0.3, 0.4) is 0 Å². The molecule has 1 N–H and O–H groups in total. The van der Waals surface area contributed by atoms with Crippen LogP contribution in [0.25, 0.3) is 0 Å². The molecule has 140 valence electrons. The maximum Gasteiger partial charge on any atom is 0.410 e. The fourth-order valence-electron chi connectivity index (χ4n) is 2.75. The summed E-state index contributed by atoms with van der Waals surface area (Å²) in [4.78, 5) is 30.4. The van der Waals surface area contributed by atoms with Crippen molar-refractivity contribution in [3.8, 4) is 0 Å². The van der Waals surface area contributed by atoms with Crippen LogP contribution in [-0.2, 0) is 9.47 Å². The second-order valence-corrected chi connectivity index (χ2v) is 7.31. The van der Waals surface area contributed by atoms with Gasteiger partial charge in [0.15, 0.2) is 0 Å². The number of likely N-dealkylation sites (tertiary alicyclic amines) is 1. The van der Waals surface area contributed by atoms with Gasteiger partial charge >= 0.3 is 12.2 Å². The lowest BCUT2D eigenvalue weighted by Crippen LogP contribution is -2.51. The van der Waals surface area contributed by atoms with E-state index in [2.05, 4.69) is 10.3 Å². The number of aromatic nitrogens is 1. The standard InChI is InChI=1S/C17H27N3O4S/c1-4-5-9-23-17(22)20-11-13(19-16(21)24-12(2)3)6-7-14(20)15-18-8-10-25-15/h8,10,12-14H,4-7,9,11H2,1-3H3,(H,19,21). The lowest BCUT2D eigenvalue weighted by molar-refractivity contribution is 0.0593. The summed E-state index contributed by atoms with van der Waals surface area (Å²) in [7, 11) is 0. The van der Waals surface area contributed by atoms with E-state index in [1.54, 1.807) is 24.9 Å². The van der Waals surface area contributed by atoms with Crippen molar-refractivity contribution in [2.45, 2.75) is 64.6 Å². The molecule has 1 aromatic rings. The van der Waals surface area contributed by atoms with Crippen LogP contribution in [0, 0.1) is 0 Å². The number of unbranched alkanes of at least 4 members (excludes halogenated alkanes) is 1. The number of hydrogen-bond donors (Lipinski definition) is 1. The number of thiazole rings is 1. The molecule has 0 radical (unpaired) electrons. The van der Waals surface area contributed by atoms with Crippen LogP contribution in [0.2, 0.25) is 0 Å². The van der Waals surface area contributed by atoms with Crippen LogP contribution < -0.4 is 5.32 Å². The van der Waals surface area contributed by atoms with E-state index >= 15 is 0 Å². The molecule has 0 bridgehead atoms. The van der Waals surface area contributed by atoms with Crippen LogP contribution >= 0.6 is 11.3 Å². The van der Waals surface area contributed by atoms with E-state index in [1.807, 2.05) is 12.3 Å². The molecule has 8 heteroatoms. The average molecular weight is 369 g/mol. The third-order valence-electron chi connectivity index (χ3n) is 3.94. The first-order valence-corrected chi connectivity index (χ1v) is 9.69. The number of carbonyl (C=O) groups is 2. The van der Waals surface area contributed by atoms with Crippen LogP contribution in [0.5, 0.6) is 0 Å². The smallest absolute Gasteiger partial charge is 0.410 e. The molecule has 0 aliphatic carbocycles. The number of amides is 2. The average Bonchev–Trinajstić information content (AvgIpc) is 3.08. The minimum atomic E-state index is -0.452. The van der Waals surface area contributed by atoms with Crippen molar-refractivity contribution in [1.82, 2.24) is 15.2 Å². The molecule has 2 heterocycles. The van der Waals surface area contributed by atoms with Crippen molar-refractivity contribution in [1.29, 1.82) is 0 Å². The fraction of sp³-hybridized carbons (Fsp3) is 0.706. The van der Waals surface area contributed by atoms with E-state index in [4.69, 9.17) is 9.47 Å². The summed E-state index contributed by atoms with van der Waals surface area (Å²) in [5, 5.41) is 5.64. The molecular formula is C17H27N3O4S. The number of carbonyl (C=O) groups excluding carboxylic acids is 2. The first kappa shape index (κ1) is 19.5. The zero-order valence-corrected chi connectivity index (χ0v) is 15.9. The molecule has 2 amide bonds. The van der Waals surface area contributed by atoms with Crippen molar-refractivity contribution in [2.75, 3.05) is 13.2 Å². The summed E-state index contributed by atoms with van der Waals surface area (Å²) in [6.45, 7) is 6.45. The van der Waals surface area contributed by atoms with Gasteiger partial charge in [0.25, 0.3) is 0 Å². The Balaban J connectivity index is 2.01. The van der Waals surface area contributed by atoms with Gasteiger partial charge in [0, 0.05) is 18.1 Å². The summed E-state index contributed by atoms with van der Waals surface area (Å²) in [6.07, 6.45) is 4.05. The summed E-state index contributed by atoms with van der Waals surface area (Å²) < 4.78 is 10.5. The van der Waals surface area contributed by atoms with Gasteiger partial charge in [0.2, 0.25) is 0 Å². The first-order valence-electron chi connectivity index (χ1n) is 8.81. The first-order chi connectivity index (χ1) is 12.0. The Morgan fingerprint density at radius 3 is 2.88 bits per heavy atom. The monoisotopic (exact) mass is 369 g/mol. The molecular weight excluding hydrogens is 342 g/mol.